The van der Waals surface area contributed by atoms with Gasteiger partial charge in [0.2, 0.25) is 0 Å². The Morgan fingerprint density at radius 3 is 2.82 bits per heavy atom. The van der Waals surface area contributed by atoms with Gasteiger partial charge in [-0.25, -0.2) is 9.97 Å². The summed E-state index contributed by atoms with van der Waals surface area (Å²) in [4.78, 5) is 19.5. The molecule has 0 unspecified atom stereocenters. The highest BCUT2D eigenvalue weighted by atomic mass is 35.5. The van der Waals surface area contributed by atoms with Crippen molar-refractivity contribution in [3.05, 3.63) is 47.4 Å². The number of halogens is 1. The lowest BCUT2D eigenvalue weighted by Crippen LogP contribution is -2.19. The summed E-state index contributed by atoms with van der Waals surface area (Å²) in [5.74, 6) is -0.240. The third kappa shape index (κ3) is 2.60. The van der Waals surface area contributed by atoms with Gasteiger partial charge < -0.3 is 5.32 Å². The van der Waals surface area contributed by atoms with Gasteiger partial charge in [-0.15, -0.1) is 0 Å². The largest absolute Gasteiger partial charge is 0.354 e. The fraction of sp³-hybridized carbons (Fsp3) is 0.0833. The van der Waals surface area contributed by atoms with Crippen LogP contribution < -0.4 is 5.32 Å². The lowest BCUT2D eigenvalue weighted by molar-refractivity contribution is 0.0958. The van der Waals surface area contributed by atoms with Gasteiger partial charge in [0.1, 0.15) is 12.0 Å². The van der Waals surface area contributed by atoms with Crippen molar-refractivity contribution >= 4 is 17.5 Å². The van der Waals surface area contributed by atoms with Crippen LogP contribution in [0.15, 0.2) is 36.7 Å². The van der Waals surface area contributed by atoms with Crippen LogP contribution in [0.4, 0.5) is 0 Å². The predicted octanol–water partition coefficient (Wildman–Crippen LogP) is 2.16. The third-order valence-electron chi connectivity index (χ3n) is 2.25. The first-order valence-electron chi connectivity index (χ1n) is 5.01. The van der Waals surface area contributed by atoms with Gasteiger partial charge in [0.15, 0.2) is 0 Å². The van der Waals surface area contributed by atoms with Crippen molar-refractivity contribution in [1.29, 1.82) is 0 Å². The molecule has 1 amide bonds. The molecule has 0 aliphatic heterocycles. The lowest BCUT2D eigenvalue weighted by Gasteiger charge is -2.03. The van der Waals surface area contributed by atoms with Gasteiger partial charge >= 0.3 is 0 Å². The van der Waals surface area contributed by atoms with E-state index in [1.165, 1.54) is 6.33 Å². The fourth-order valence-corrected chi connectivity index (χ4v) is 1.61. The van der Waals surface area contributed by atoms with Crippen molar-refractivity contribution in [1.82, 2.24) is 15.3 Å². The van der Waals surface area contributed by atoms with E-state index in [1.807, 2.05) is 12.1 Å². The number of rotatable bonds is 2. The molecule has 0 fully saturated rings. The number of hydrogen-bond acceptors (Lipinski definition) is 3. The number of amides is 1. The van der Waals surface area contributed by atoms with Crippen molar-refractivity contribution in [2.45, 2.75) is 0 Å². The molecule has 5 heteroatoms. The zero-order valence-electron chi connectivity index (χ0n) is 9.14. The number of benzene rings is 1. The summed E-state index contributed by atoms with van der Waals surface area (Å²) in [5, 5.41) is 3.14. The Balaban J connectivity index is 2.43. The number of nitrogens with one attached hydrogen (secondary N) is 1. The Bertz CT molecular complexity index is 557. The number of aromatic nitrogens is 2. The molecule has 2 aromatic rings. The molecular weight excluding hydrogens is 238 g/mol. The summed E-state index contributed by atoms with van der Waals surface area (Å²) in [7, 11) is 1.56. The van der Waals surface area contributed by atoms with E-state index in [0.717, 1.165) is 5.56 Å². The minimum Gasteiger partial charge on any atom is -0.354 e. The van der Waals surface area contributed by atoms with Gasteiger partial charge in [-0.3, -0.25) is 4.79 Å². The normalized spacial score (nSPS) is 10.0. The third-order valence-corrected chi connectivity index (χ3v) is 2.48. The summed E-state index contributed by atoms with van der Waals surface area (Å²) in [5.41, 5.74) is 1.85. The molecule has 17 heavy (non-hydrogen) atoms. The highest BCUT2D eigenvalue weighted by Gasteiger charge is 2.07. The van der Waals surface area contributed by atoms with E-state index >= 15 is 0 Å². The monoisotopic (exact) mass is 247 g/mol. The molecule has 0 radical (unpaired) electrons. The van der Waals surface area contributed by atoms with Gasteiger partial charge in [0.25, 0.3) is 5.91 Å². The summed E-state index contributed by atoms with van der Waals surface area (Å²) in [6.07, 6.45) is 1.36. The van der Waals surface area contributed by atoms with Crippen LogP contribution in [-0.4, -0.2) is 22.9 Å². The molecule has 0 spiro atoms. The van der Waals surface area contributed by atoms with Crippen LogP contribution >= 0.6 is 11.6 Å². The molecule has 86 valence electrons. The molecule has 1 aromatic carbocycles. The minimum atomic E-state index is -0.240. The van der Waals surface area contributed by atoms with Gasteiger partial charge in [0, 0.05) is 17.6 Å². The van der Waals surface area contributed by atoms with Crippen molar-refractivity contribution in [3.63, 3.8) is 0 Å². The van der Waals surface area contributed by atoms with Crippen molar-refractivity contribution < 1.29 is 4.79 Å². The van der Waals surface area contributed by atoms with E-state index < -0.39 is 0 Å². The zero-order chi connectivity index (χ0) is 12.3. The molecule has 0 aliphatic carbocycles. The van der Waals surface area contributed by atoms with Crippen LogP contribution in [-0.2, 0) is 0 Å². The number of hydrogen-bond donors (Lipinski definition) is 1. The first-order chi connectivity index (χ1) is 8.20. The first-order valence-corrected chi connectivity index (χ1v) is 5.38. The Morgan fingerprint density at radius 2 is 2.12 bits per heavy atom. The van der Waals surface area contributed by atoms with Gasteiger partial charge in [-0.2, -0.15) is 0 Å². The van der Waals surface area contributed by atoms with Crippen LogP contribution in [0, 0.1) is 0 Å². The van der Waals surface area contributed by atoms with Crippen molar-refractivity contribution in [2.75, 3.05) is 7.05 Å². The maximum atomic E-state index is 11.4. The minimum absolute atomic E-state index is 0.240. The van der Waals surface area contributed by atoms with Crippen LogP contribution in [0.1, 0.15) is 10.5 Å². The smallest absolute Gasteiger partial charge is 0.269 e. The maximum absolute atomic E-state index is 11.4. The SMILES string of the molecule is CNC(=O)c1cc(-c2cccc(Cl)c2)ncn1. The summed E-state index contributed by atoms with van der Waals surface area (Å²) < 4.78 is 0. The molecule has 0 atom stereocenters. The zero-order valence-corrected chi connectivity index (χ0v) is 9.90. The van der Waals surface area contributed by atoms with Crippen molar-refractivity contribution in [2.24, 2.45) is 0 Å². The number of carbonyl (C=O) groups excluding carboxylic acids is 1. The maximum Gasteiger partial charge on any atom is 0.269 e. The Labute approximate surface area is 104 Å². The standard InChI is InChI=1S/C12H10ClN3O/c1-14-12(17)11-6-10(15-7-16-11)8-3-2-4-9(13)5-8/h2-7H,1H3,(H,14,17). The summed E-state index contributed by atoms with van der Waals surface area (Å²) in [6, 6.07) is 8.91. The number of nitrogens with zero attached hydrogens (tertiary/aromatic N) is 2. The van der Waals surface area contributed by atoms with Gasteiger partial charge in [0.05, 0.1) is 5.69 Å². The predicted molar refractivity (Wildman–Crippen MR) is 65.9 cm³/mol. The van der Waals surface area contributed by atoms with Gasteiger partial charge in [-0.05, 0) is 18.2 Å². The van der Waals surface area contributed by atoms with E-state index in [-0.39, 0.29) is 5.91 Å². The molecule has 0 saturated heterocycles. The molecule has 0 bridgehead atoms. The topological polar surface area (TPSA) is 54.9 Å². The highest BCUT2D eigenvalue weighted by molar-refractivity contribution is 6.30. The molecule has 1 aromatic heterocycles. The molecule has 0 aliphatic rings. The van der Waals surface area contributed by atoms with E-state index in [9.17, 15) is 4.79 Å². The highest BCUT2D eigenvalue weighted by Crippen LogP contribution is 2.20. The van der Waals surface area contributed by atoms with E-state index in [4.69, 9.17) is 11.6 Å². The second-order valence-electron chi connectivity index (χ2n) is 3.38. The molecule has 1 N–H and O–H groups in total. The van der Waals surface area contributed by atoms with Crippen LogP contribution in [0.3, 0.4) is 0 Å². The quantitative estimate of drug-likeness (QED) is 0.885. The van der Waals surface area contributed by atoms with Crippen LogP contribution in [0.25, 0.3) is 11.3 Å². The first kappa shape index (κ1) is 11.5. The average molecular weight is 248 g/mol. The van der Waals surface area contributed by atoms with E-state index in [1.54, 1.807) is 25.2 Å². The Hall–Kier alpha value is -1.94. The van der Waals surface area contributed by atoms with E-state index in [0.29, 0.717) is 16.4 Å². The van der Waals surface area contributed by atoms with Crippen molar-refractivity contribution in [3.8, 4) is 11.3 Å². The molecule has 1 heterocycles. The fourth-order valence-electron chi connectivity index (χ4n) is 1.42. The summed E-state index contributed by atoms with van der Waals surface area (Å²) >= 11 is 5.90. The van der Waals surface area contributed by atoms with E-state index in [2.05, 4.69) is 15.3 Å². The Kier molecular flexibility index (Phi) is 3.35. The summed E-state index contributed by atoms with van der Waals surface area (Å²) in [6.45, 7) is 0. The molecule has 2 rings (SSSR count). The van der Waals surface area contributed by atoms with Crippen LogP contribution in [0.2, 0.25) is 5.02 Å². The Morgan fingerprint density at radius 1 is 1.29 bits per heavy atom. The second kappa shape index (κ2) is 4.93. The molecular formula is C12H10ClN3O. The molecule has 4 nitrogen and oxygen atoms in total. The molecule has 0 saturated carbocycles. The second-order valence-corrected chi connectivity index (χ2v) is 3.81. The van der Waals surface area contributed by atoms with Gasteiger partial charge in [-0.1, -0.05) is 23.7 Å². The average Bonchev–Trinajstić information content (AvgIpc) is 2.38. The van der Waals surface area contributed by atoms with Crippen LogP contribution in [0.5, 0.6) is 0 Å². The lowest BCUT2D eigenvalue weighted by atomic mass is 10.1. The number of carbonyl (C=O) groups is 1.